The van der Waals surface area contributed by atoms with Crippen LogP contribution in [0.25, 0.3) is 4.85 Å². The molecule has 0 aromatic heterocycles. The van der Waals surface area contributed by atoms with E-state index in [1.54, 1.807) is 0 Å². The van der Waals surface area contributed by atoms with Crippen molar-refractivity contribution < 1.29 is 18.4 Å². The zero-order valence-corrected chi connectivity index (χ0v) is 20.3. The highest BCUT2D eigenvalue weighted by atomic mass is 19.1. The number of carbonyl (C=O) groups is 2. The summed E-state index contributed by atoms with van der Waals surface area (Å²) in [4.78, 5) is 33.1. The topological polar surface area (TPSA) is 45.0 Å². The Bertz CT molecular complexity index is 1170. The summed E-state index contributed by atoms with van der Waals surface area (Å²) in [5, 5.41) is 0. The lowest BCUT2D eigenvalue weighted by atomic mass is 9.95. The van der Waals surface area contributed by atoms with Gasteiger partial charge in [-0.05, 0) is 67.6 Å². The van der Waals surface area contributed by atoms with Crippen LogP contribution in [-0.4, -0.2) is 47.2 Å². The Hall–Kier alpha value is -3.11. The molecule has 5 nitrogen and oxygen atoms in total. The summed E-state index contributed by atoms with van der Waals surface area (Å²) in [6, 6.07) is 6.70. The van der Waals surface area contributed by atoms with E-state index in [1.807, 2.05) is 11.8 Å². The molecule has 2 fully saturated rings. The molecule has 4 rings (SSSR count). The van der Waals surface area contributed by atoms with Crippen LogP contribution in [0.3, 0.4) is 0 Å². The Balaban J connectivity index is 1.44. The van der Waals surface area contributed by atoms with Gasteiger partial charge in [0, 0.05) is 50.1 Å². The highest BCUT2D eigenvalue weighted by Gasteiger charge is 2.33. The zero-order valence-electron chi connectivity index (χ0n) is 20.3. The number of nitrogens with zero attached hydrogens (tertiary/aromatic N) is 3. The van der Waals surface area contributed by atoms with Crippen molar-refractivity contribution >= 4 is 17.4 Å². The number of halogens is 2. The van der Waals surface area contributed by atoms with Crippen LogP contribution in [0, 0.1) is 31.0 Å². The fourth-order valence-electron chi connectivity index (χ4n) is 5.34. The number of rotatable bonds is 6. The predicted molar refractivity (Wildman–Crippen MR) is 130 cm³/mol. The molecule has 0 bridgehead atoms. The van der Waals surface area contributed by atoms with Crippen LogP contribution in [0.1, 0.15) is 59.7 Å². The van der Waals surface area contributed by atoms with Gasteiger partial charge in [0.1, 0.15) is 11.6 Å². The molecule has 0 radical (unpaired) electrons. The number of amides is 1. The van der Waals surface area contributed by atoms with Crippen LogP contribution in [0.2, 0.25) is 0 Å². The maximum Gasteiger partial charge on any atom is 0.226 e. The van der Waals surface area contributed by atoms with E-state index in [4.69, 9.17) is 6.57 Å². The van der Waals surface area contributed by atoms with Crippen LogP contribution >= 0.6 is 0 Å². The number of benzene rings is 2. The fourth-order valence-corrected chi connectivity index (χ4v) is 5.34. The lowest BCUT2D eigenvalue weighted by molar-refractivity contribution is -0.140. The van der Waals surface area contributed by atoms with Gasteiger partial charge in [0.05, 0.1) is 6.57 Å². The molecule has 1 saturated heterocycles. The van der Waals surface area contributed by atoms with Crippen molar-refractivity contribution in [2.45, 2.75) is 58.5 Å². The summed E-state index contributed by atoms with van der Waals surface area (Å²) >= 11 is 0. The first-order chi connectivity index (χ1) is 16.8. The first-order valence-corrected chi connectivity index (χ1v) is 12.3. The first-order valence-electron chi connectivity index (χ1n) is 12.3. The summed E-state index contributed by atoms with van der Waals surface area (Å²) in [6.07, 6.45) is 4.23. The van der Waals surface area contributed by atoms with Gasteiger partial charge in [-0.15, -0.1) is 0 Å². The van der Waals surface area contributed by atoms with E-state index in [0.717, 1.165) is 56.0 Å². The van der Waals surface area contributed by atoms with Crippen molar-refractivity contribution in [3.63, 3.8) is 0 Å². The third kappa shape index (κ3) is 5.59. The normalized spacial score (nSPS) is 19.1. The number of hydrogen-bond acceptors (Lipinski definition) is 3. The van der Waals surface area contributed by atoms with Crippen molar-refractivity contribution in [1.82, 2.24) is 9.80 Å². The maximum atomic E-state index is 14.5. The number of piperazine rings is 1. The van der Waals surface area contributed by atoms with Gasteiger partial charge in [0.25, 0.3) is 0 Å². The van der Waals surface area contributed by atoms with Gasteiger partial charge >= 0.3 is 0 Å². The molecule has 0 N–H and O–H groups in total. The molecule has 35 heavy (non-hydrogen) atoms. The molecule has 1 aliphatic carbocycles. The summed E-state index contributed by atoms with van der Waals surface area (Å²) in [6.45, 7) is 13.7. The molecular formula is C28H31F2N3O2. The lowest BCUT2D eigenvalue weighted by Crippen LogP contribution is -2.54. The van der Waals surface area contributed by atoms with E-state index in [9.17, 15) is 18.4 Å². The van der Waals surface area contributed by atoms with Crippen molar-refractivity contribution in [1.29, 1.82) is 0 Å². The molecule has 1 atom stereocenters. The van der Waals surface area contributed by atoms with Crippen LogP contribution in [0.5, 0.6) is 0 Å². The number of Topliss-reactive ketones (excluding diaryl/α,β-unsaturated/α-hetero) is 1. The number of ketones is 1. The Morgan fingerprint density at radius 2 is 1.80 bits per heavy atom. The molecule has 184 valence electrons. The molecule has 1 amide bonds. The number of hydrogen-bond donors (Lipinski definition) is 0. The molecule has 7 heteroatoms. The minimum Gasteiger partial charge on any atom is -0.337 e. The minimum absolute atomic E-state index is 0.0280. The van der Waals surface area contributed by atoms with Crippen molar-refractivity contribution in [2.75, 3.05) is 19.6 Å². The molecule has 2 aromatic carbocycles. The van der Waals surface area contributed by atoms with Gasteiger partial charge in [-0.1, -0.05) is 18.9 Å². The Labute approximate surface area is 205 Å². The van der Waals surface area contributed by atoms with Crippen molar-refractivity contribution in [3.05, 3.63) is 75.6 Å². The van der Waals surface area contributed by atoms with E-state index < -0.39 is 11.6 Å². The van der Waals surface area contributed by atoms with Crippen LogP contribution in [0.4, 0.5) is 14.5 Å². The van der Waals surface area contributed by atoms with E-state index in [-0.39, 0.29) is 41.3 Å². The maximum absolute atomic E-state index is 14.5. The largest absolute Gasteiger partial charge is 0.337 e. The predicted octanol–water partition coefficient (Wildman–Crippen LogP) is 5.47. The molecule has 1 heterocycles. The molecule has 2 aliphatic rings. The Morgan fingerprint density at radius 1 is 1.09 bits per heavy atom. The van der Waals surface area contributed by atoms with Gasteiger partial charge in [-0.2, -0.15) is 0 Å². The second-order valence-corrected chi connectivity index (χ2v) is 9.82. The molecule has 0 spiro atoms. The standard InChI is InChI=1S/C28H31F2N3O2/c1-18-16-32(10-11-33(18)28(35)20-6-4-5-7-20)17-23-13-24(29)12-22(19(23)2)15-27(34)21-8-9-25(30)26(14-21)31-3/h8-9,12-14,18,20H,4-7,10-11,15-17H2,1-2H3/t18-/m0/s1. The third-order valence-corrected chi connectivity index (χ3v) is 7.42. The zero-order chi connectivity index (χ0) is 25.1. The van der Waals surface area contributed by atoms with Gasteiger partial charge in [0.2, 0.25) is 11.6 Å². The van der Waals surface area contributed by atoms with E-state index in [2.05, 4.69) is 16.7 Å². The van der Waals surface area contributed by atoms with Crippen molar-refractivity contribution in [3.8, 4) is 0 Å². The highest BCUT2D eigenvalue weighted by Crippen LogP contribution is 2.29. The Morgan fingerprint density at radius 3 is 2.49 bits per heavy atom. The molecule has 1 aliphatic heterocycles. The van der Waals surface area contributed by atoms with Crippen LogP contribution in [0.15, 0.2) is 30.3 Å². The Kier molecular flexibility index (Phi) is 7.61. The lowest BCUT2D eigenvalue weighted by Gasteiger charge is -2.41. The SMILES string of the molecule is [C-]#[N+]c1cc(C(=O)Cc2cc(F)cc(CN3CCN(C(=O)C4CCCC4)[C@@H](C)C3)c2C)ccc1F. The van der Waals surface area contributed by atoms with Crippen LogP contribution < -0.4 is 0 Å². The summed E-state index contributed by atoms with van der Waals surface area (Å²) in [5.41, 5.74) is 2.29. The summed E-state index contributed by atoms with van der Waals surface area (Å²) in [7, 11) is 0. The minimum atomic E-state index is -0.667. The van der Waals surface area contributed by atoms with E-state index in [0.29, 0.717) is 18.7 Å². The molecular weight excluding hydrogens is 448 g/mol. The quantitative estimate of drug-likeness (QED) is 0.408. The second kappa shape index (κ2) is 10.7. The summed E-state index contributed by atoms with van der Waals surface area (Å²) < 4.78 is 28.2. The third-order valence-electron chi connectivity index (χ3n) is 7.42. The molecule has 0 unspecified atom stereocenters. The highest BCUT2D eigenvalue weighted by molar-refractivity contribution is 5.98. The average Bonchev–Trinajstić information content (AvgIpc) is 3.37. The second-order valence-electron chi connectivity index (χ2n) is 9.82. The average molecular weight is 480 g/mol. The van der Waals surface area contributed by atoms with Gasteiger partial charge < -0.3 is 4.90 Å². The van der Waals surface area contributed by atoms with Crippen LogP contribution in [-0.2, 0) is 17.8 Å². The van der Waals surface area contributed by atoms with Gasteiger partial charge in [-0.3, -0.25) is 14.5 Å². The van der Waals surface area contributed by atoms with E-state index in [1.165, 1.54) is 24.3 Å². The van der Waals surface area contributed by atoms with Crippen molar-refractivity contribution in [2.24, 2.45) is 5.92 Å². The van der Waals surface area contributed by atoms with E-state index >= 15 is 0 Å². The van der Waals surface area contributed by atoms with Gasteiger partial charge in [-0.25, -0.2) is 13.6 Å². The fraction of sp³-hybridized carbons (Fsp3) is 0.464. The smallest absolute Gasteiger partial charge is 0.226 e. The molecule has 2 aromatic rings. The first kappa shape index (κ1) is 25.0. The monoisotopic (exact) mass is 479 g/mol. The molecule has 1 saturated carbocycles. The summed E-state index contributed by atoms with van der Waals surface area (Å²) in [5.74, 6) is -0.916. The van der Waals surface area contributed by atoms with Gasteiger partial charge in [0.15, 0.2) is 5.78 Å². The number of carbonyl (C=O) groups excluding carboxylic acids is 2.